The van der Waals surface area contributed by atoms with Crippen molar-refractivity contribution < 1.29 is 14.6 Å². The summed E-state index contributed by atoms with van der Waals surface area (Å²) in [5, 5.41) is 9.00. The summed E-state index contributed by atoms with van der Waals surface area (Å²) in [6.45, 7) is 4.67. The third-order valence-corrected chi connectivity index (χ3v) is 3.07. The van der Waals surface area contributed by atoms with Crippen LogP contribution in [0.25, 0.3) is 0 Å². The molecule has 1 fully saturated rings. The smallest absolute Gasteiger partial charge is 0.336 e. The minimum Gasteiger partial charge on any atom is -0.478 e. The van der Waals surface area contributed by atoms with Crippen molar-refractivity contribution in [3.8, 4) is 0 Å². The van der Waals surface area contributed by atoms with Gasteiger partial charge in [-0.2, -0.15) is 0 Å². The fourth-order valence-corrected chi connectivity index (χ4v) is 2.03. The quantitative estimate of drug-likeness (QED) is 0.752. The predicted molar refractivity (Wildman–Crippen MR) is 65.6 cm³/mol. The van der Waals surface area contributed by atoms with Crippen molar-refractivity contribution in [3.05, 3.63) is 23.3 Å². The van der Waals surface area contributed by atoms with Crippen LogP contribution in [0, 0.1) is 6.92 Å². The molecule has 2 rings (SSSR count). The van der Waals surface area contributed by atoms with E-state index in [1.165, 1.54) is 0 Å². The molecule has 1 saturated heterocycles. The van der Waals surface area contributed by atoms with Gasteiger partial charge in [-0.15, -0.1) is 0 Å². The molecule has 1 aliphatic heterocycles. The zero-order chi connectivity index (χ0) is 12.4. The van der Waals surface area contributed by atoms with Gasteiger partial charge < -0.3 is 20.5 Å². The summed E-state index contributed by atoms with van der Waals surface area (Å²) < 4.78 is 5.28. The lowest BCUT2D eigenvalue weighted by atomic mass is 10.0. The first kappa shape index (κ1) is 11.7. The second kappa shape index (κ2) is 4.63. The van der Waals surface area contributed by atoms with Crippen LogP contribution in [-0.4, -0.2) is 37.4 Å². The fourth-order valence-electron chi connectivity index (χ4n) is 2.03. The molecular weight excluding hydrogens is 220 g/mol. The Morgan fingerprint density at radius 3 is 2.65 bits per heavy atom. The summed E-state index contributed by atoms with van der Waals surface area (Å²) in [5.74, 6) is -0.942. The van der Waals surface area contributed by atoms with E-state index >= 15 is 0 Å². The third-order valence-electron chi connectivity index (χ3n) is 3.07. The number of nitrogens with zero attached hydrogens (tertiary/aromatic N) is 1. The van der Waals surface area contributed by atoms with Crippen molar-refractivity contribution in [1.82, 2.24) is 0 Å². The first-order valence-electron chi connectivity index (χ1n) is 5.56. The van der Waals surface area contributed by atoms with Crippen LogP contribution in [0.2, 0.25) is 0 Å². The van der Waals surface area contributed by atoms with Crippen LogP contribution in [0.15, 0.2) is 12.1 Å². The number of anilines is 2. The molecule has 92 valence electrons. The highest BCUT2D eigenvalue weighted by molar-refractivity contribution is 5.93. The second-order valence-corrected chi connectivity index (χ2v) is 4.08. The maximum atomic E-state index is 11.0. The van der Waals surface area contributed by atoms with Gasteiger partial charge in [0.25, 0.3) is 0 Å². The number of aromatic carboxylic acids is 1. The molecule has 3 N–H and O–H groups in total. The first-order chi connectivity index (χ1) is 8.11. The summed E-state index contributed by atoms with van der Waals surface area (Å²) in [5.41, 5.74) is 8.34. The molecule has 0 atom stereocenters. The van der Waals surface area contributed by atoms with E-state index in [-0.39, 0.29) is 5.56 Å². The molecule has 0 unspecified atom stereocenters. The van der Waals surface area contributed by atoms with E-state index in [1.807, 2.05) is 0 Å². The maximum Gasteiger partial charge on any atom is 0.336 e. The number of hydrogen-bond donors (Lipinski definition) is 2. The van der Waals surface area contributed by atoms with E-state index < -0.39 is 5.97 Å². The Labute approximate surface area is 99.8 Å². The number of carbonyl (C=O) groups is 1. The average Bonchev–Trinajstić information content (AvgIpc) is 2.33. The van der Waals surface area contributed by atoms with Gasteiger partial charge in [0, 0.05) is 13.1 Å². The van der Waals surface area contributed by atoms with Crippen LogP contribution >= 0.6 is 0 Å². The largest absolute Gasteiger partial charge is 0.478 e. The molecule has 1 aliphatic rings. The van der Waals surface area contributed by atoms with E-state index in [4.69, 9.17) is 15.6 Å². The SMILES string of the molecule is Cc1c(C(=O)O)ccc(N2CCOCC2)c1N. The monoisotopic (exact) mass is 236 g/mol. The fraction of sp³-hybridized carbons (Fsp3) is 0.417. The number of carboxylic acids is 1. The molecular formula is C12H16N2O3. The molecule has 5 heteroatoms. The third kappa shape index (κ3) is 2.19. The number of ether oxygens (including phenoxy) is 1. The number of nitrogens with two attached hydrogens (primary N) is 1. The summed E-state index contributed by atoms with van der Waals surface area (Å²) >= 11 is 0. The Balaban J connectivity index is 2.36. The minimum absolute atomic E-state index is 0.263. The topological polar surface area (TPSA) is 75.8 Å². The van der Waals surface area contributed by atoms with E-state index in [9.17, 15) is 4.79 Å². The average molecular weight is 236 g/mol. The van der Waals surface area contributed by atoms with E-state index in [1.54, 1.807) is 19.1 Å². The highest BCUT2D eigenvalue weighted by atomic mass is 16.5. The molecule has 1 aromatic rings. The lowest BCUT2D eigenvalue weighted by molar-refractivity contribution is 0.0696. The molecule has 0 aromatic heterocycles. The molecule has 0 spiro atoms. The molecule has 0 amide bonds. The number of carboxylic acid groups (broad SMARTS) is 1. The summed E-state index contributed by atoms with van der Waals surface area (Å²) in [7, 11) is 0. The van der Waals surface area contributed by atoms with Gasteiger partial charge >= 0.3 is 5.97 Å². The summed E-state index contributed by atoms with van der Waals surface area (Å²) in [6, 6.07) is 3.38. The van der Waals surface area contributed by atoms with E-state index in [2.05, 4.69) is 4.90 Å². The van der Waals surface area contributed by atoms with Crippen LogP contribution in [0.4, 0.5) is 11.4 Å². The molecule has 1 aromatic carbocycles. The highest BCUT2D eigenvalue weighted by Gasteiger charge is 2.18. The Bertz CT molecular complexity index is 440. The minimum atomic E-state index is -0.942. The van der Waals surface area contributed by atoms with Crippen LogP contribution in [0.3, 0.4) is 0 Å². The molecule has 5 nitrogen and oxygen atoms in total. The van der Waals surface area contributed by atoms with E-state index in [0.717, 1.165) is 18.8 Å². The van der Waals surface area contributed by atoms with Crippen molar-refractivity contribution in [2.45, 2.75) is 6.92 Å². The van der Waals surface area contributed by atoms with Crippen molar-refractivity contribution in [1.29, 1.82) is 0 Å². The summed E-state index contributed by atoms with van der Waals surface area (Å²) in [4.78, 5) is 13.1. The van der Waals surface area contributed by atoms with Gasteiger partial charge in [0.1, 0.15) is 0 Å². The molecule has 1 heterocycles. The number of morpholine rings is 1. The normalized spacial score (nSPS) is 15.9. The standard InChI is InChI=1S/C12H16N2O3/c1-8-9(12(15)16)2-3-10(11(8)13)14-4-6-17-7-5-14/h2-3H,4-7,13H2,1H3,(H,15,16). The Morgan fingerprint density at radius 1 is 1.41 bits per heavy atom. The number of benzene rings is 1. The van der Waals surface area contributed by atoms with Gasteiger partial charge in [-0.3, -0.25) is 0 Å². The Hall–Kier alpha value is -1.75. The first-order valence-corrected chi connectivity index (χ1v) is 5.56. The van der Waals surface area contributed by atoms with E-state index in [0.29, 0.717) is 24.5 Å². The van der Waals surface area contributed by atoms with Crippen molar-refractivity contribution in [2.75, 3.05) is 36.9 Å². The van der Waals surface area contributed by atoms with Crippen molar-refractivity contribution in [2.24, 2.45) is 0 Å². The lowest BCUT2D eigenvalue weighted by Gasteiger charge is -2.30. The molecule has 17 heavy (non-hydrogen) atoms. The van der Waals surface area contributed by atoms with Gasteiger partial charge in [-0.05, 0) is 24.6 Å². The van der Waals surface area contributed by atoms with Gasteiger partial charge in [0.05, 0.1) is 30.2 Å². The second-order valence-electron chi connectivity index (χ2n) is 4.08. The zero-order valence-corrected chi connectivity index (χ0v) is 9.77. The van der Waals surface area contributed by atoms with Crippen molar-refractivity contribution >= 4 is 17.3 Å². The molecule has 0 aliphatic carbocycles. The van der Waals surface area contributed by atoms with Gasteiger partial charge in [-0.25, -0.2) is 4.79 Å². The van der Waals surface area contributed by atoms with Crippen LogP contribution < -0.4 is 10.6 Å². The van der Waals surface area contributed by atoms with Crippen LogP contribution in [0.5, 0.6) is 0 Å². The predicted octanol–water partition coefficient (Wildman–Crippen LogP) is 1.11. The Morgan fingerprint density at radius 2 is 2.06 bits per heavy atom. The van der Waals surface area contributed by atoms with Gasteiger partial charge in [-0.1, -0.05) is 0 Å². The van der Waals surface area contributed by atoms with Crippen LogP contribution in [-0.2, 0) is 4.74 Å². The molecule has 0 radical (unpaired) electrons. The maximum absolute atomic E-state index is 11.0. The molecule has 0 bridgehead atoms. The number of rotatable bonds is 2. The van der Waals surface area contributed by atoms with Gasteiger partial charge in [0.15, 0.2) is 0 Å². The lowest BCUT2D eigenvalue weighted by Crippen LogP contribution is -2.36. The highest BCUT2D eigenvalue weighted by Crippen LogP contribution is 2.29. The van der Waals surface area contributed by atoms with Crippen molar-refractivity contribution in [3.63, 3.8) is 0 Å². The zero-order valence-electron chi connectivity index (χ0n) is 9.77. The number of nitrogen functional groups attached to an aromatic ring is 1. The molecule has 0 saturated carbocycles. The Kier molecular flexibility index (Phi) is 3.19. The summed E-state index contributed by atoms with van der Waals surface area (Å²) in [6.07, 6.45) is 0. The van der Waals surface area contributed by atoms with Crippen LogP contribution in [0.1, 0.15) is 15.9 Å². The van der Waals surface area contributed by atoms with Gasteiger partial charge in [0.2, 0.25) is 0 Å². The number of hydrogen-bond acceptors (Lipinski definition) is 4.